The molecule has 0 aliphatic carbocycles. The van der Waals surface area contributed by atoms with E-state index in [1.54, 1.807) is 0 Å². The first-order valence-electron chi connectivity index (χ1n) is 7.15. The van der Waals surface area contributed by atoms with Crippen LogP contribution < -0.4 is 5.73 Å². The van der Waals surface area contributed by atoms with Crippen molar-refractivity contribution in [3.05, 3.63) is 0 Å². The van der Waals surface area contributed by atoms with E-state index >= 15 is 0 Å². The van der Waals surface area contributed by atoms with Crippen LogP contribution in [-0.2, 0) is 4.74 Å². The van der Waals surface area contributed by atoms with Crippen LogP contribution in [0.25, 0.3) is 0 Å². The van der Waals surface area contributed by atoms with Gasteiger partial charge < -0.3 is 15.4 Å². The highest BCUT2D eigenvalue weighted by atomic mass is 16.5. The van der Waals surface area contributed by atoms with Gasteiger partial charge in [0.1, 0.15) is 0 Å². The fourth-order valence-corrected chi connectivity index (χ4v) is 3.15. The highest BCUT2D eigenvalue weighted by molar-refractivity contribution is 4.87. The summed E-state index contributed by atoms with van der Waals surface area (Å²) in [7, 11) is 2.19. The van der Waals surface area contributed by atoms with E-state index in [1.807, 2.05) is 0 Å². The second-order valence-electron chi connectivity index (χ2n) is 5.65. The molecule has 2 fully saturated rings. The third-order valence-electron chi connectivity index (χ3n) is 4.18. The Hall–Kier alpha value is -0.200. The Morgan fingerprint density at radius 2 is 1.89 bits per heavy atom. The lowest BCUT2D eigenvalue weighted by Crippen LogP contribution is -2.60. The number of rotatable bonds is 4. The van der Waals surface area contributed by atoms with Gasteiger partial charge in [0.2, 0.25) is 0 Å². The molecule has 2 aliphatic rings. The average Bonchev–Trinajstić information content (AvgIpc) is 2.38. The molecule has 2 atom stereocenters. The van der Waals surface area contributed by atoms with E-state index < -0.39 is 0 Å². The molecule has 0 spiro atoms. The van der Waals surface area contributed by atoms with E-state index in [0.29, 0.717) is 12.1 Å². The van der Waals surface area contributed by atoms with Gasteiger partial charge in [-0.15, -0.1) is 0 Å². The molecular formula is C13H28N4O. The van der Waals surface area contributed by atoms with Crippen LogP contribution in [0.3, 0.4) is 0 Å². The first-order chi connectivity index (χ1) is 8.70. The fourth-order valence-electron chi connectivity index (χ4n) is 3.15. The summed E-state index contributed by atoms with van der Waals surface area (Å²) < 4.78 is 5.39. The van der Waals surface area contributed by atoms with Gasteiger partial charge in [0, 0.05) is 57.9 Å². The zero-order chi connectivity index (χ0) is 13.0. The molecule has 5 nitrogen and oxygen atoms in total. The molecule has 2 unspecified atom stereocenters. The van der Waals surface area contributed by atoms with E-state index in [0.717, 1.165) is 59.0 Å². The Labute approximate surface area is 111 Å². The number of piperazine rings is 1. The van der Waals surface area contributed by atoms with Gasteiger partial charge in [-0.1, -0.05) is 0 Å². The van der Waals surface area contributed by atoms with Crippen LogP contribution >= 0.6 is 0 Å². The number of hydrogen-bond acceptors (Lipinski definition) is 5. The SMILES string of the molecule is CC1CN(C)CC(CN)N1CCN1CCOCC1. The van der Waals surface area contributed by atoms with E-state index in [1.165, 1.54) is 0 Å². The summed E-state index contributed by atoms with van der Waals surface area (Å²) in [6.45, 7) is 11.5. The predicted octanol–water partition coefficient (Wildman–Crippen LogP) is -0.718. The summed E-state index contributed by atoms with van der Waals surface area (Å²) in [5.41, 5.74) is 5.92. The molecule has 0 aromatic heterocycles. The third kappa shape index (κ3) is 3.65. The van der Waals surface area contributed by atoms with Crippen molar-refractivity contribution in [3.8, 4) is 0 Å². The molecule has 0 saturated carbocycles. The summed E-state index contributed by atoms with van der Waals surface area (Å²) in [4.78, 5) is 7.49. The summed E-state index contributed by atoms with van der Waals surface area (Å²) >= 11 is 0. The number of ether oxygens (including phenoxy) is 1. The van der Waals surface area contributed by atoms with Crippen LogP contribution in [-0.4, -0.2) is 92.9 Å². The van der Waals surface area contributed by atoms with Crippen molar-refractivity contribution in [1.29, 1.82) is 0 Å². The molecule has 0 bridgehead atoms. The Bertz CT molecular complexity index is 245. The Kier molecular flexibility index (Phi) is 5.38. The van der Waals surface area contributed by atoms with Crippen molar-refractivity contribution in [2.24, 2.45) is 5.73 Å². The first-order valence-corrected chi connectivity index (χ1v) is 7.15. The lowest BCUT2D eigenvalue weighted by atomic mass is 10.1. The summed E-state index contributed by atoms with van der Waals surface area (Å²) in [5, 5.41) is 0. The molecule has 2 aliphatic heterocycles. The molecule has 2 saturated heterocycles. The number of nitrogens with two attached hydrogens (primary N) is 1. The molecule has 2 rings (SSSR count). The lowest BCUT2D eigenvalue weighted by Gasteiger charge is -2.45. The molecule has 2 N–H and O–H groups in total. The van der Waals surface area contributed by atoms with Gasteiger partial charge in [0.25, 0.3) is 0 Å². The summed E-state index contributed by atoms with van der Waals surface area (Å²) in [5.74, 6) is 0. The minimum Gasteiger partial charge on any atom is -0.379 e. The molecule has 0 aromatic carbocycles. The van der Waals surface area contributed by atoms with Crippen molar-refractivity contribution in [2.75, 3.05) is 66.1 Å². The van der Waals surface area contributed by atoms with Crippen LogP contribution in [0.5, 0.6) is 0 Å². The summed E-state index contributed by atoms with van der Waals surface area (Å²) in [6.07, 6.45) is 0. The van der Waals surface area contributed by atoms with Crippen LogP contribution in [0, 0.1) is 0 Å². The van der Waals surface area contributed by atoms with Crippen molar-refractivity contribution in [2.45, 2.75) is 19.0 Å². The Morgan fingerprint density at radius 3 is 2.56 bits per heavy atom. The van der Waals surface area contributed by atoms with E-state index in [2.05, 4.69) is 28.7 Å². The van der Waals surface area contributed by atoms with Gasteiger partial charge in [-0.3, -0.25) is 9.80 Å². The number of morpholine rings is 1. The molecule has 0 amide bonds. The minimum absolute atomic E-state index is 0.514. The van der Waals surface area contributed by atoms with Gasteiger partial charge in [-0.25, -0.2) is 0 Å². The van der Waals surface area contributed by atoms with Crippen LogP contribution in [0.4, 0.5) is 0 Å². The summed E-state index contributed by atoms with van der Waals surface area (Å²) in [6, 6.07) is 1.12. The monoisotopic (exact) mass is 256 g/mol. The van der Waals surface area contributed by atoms with Gasteiger partial charge >= 0.3 is 0 Å². The normalized spacial score (nSPS) is 32.8. The second kappa shape index (κ2) is 6.82. The molecule has 106 valence electrons. The van der Waals surface area contributed by atoms with Gasteiger partial charge in [0.05, 0.1) is 13.2 Å². The maximum atomic E-state index is 5.92. The highest BCUT2D eigenvalue weighted by Gasteiger charge is 2.29. The van der Waals surface area contributed by atoms with E-state index in [4.69, 9.17) is 10.5 Å². The number of hydrogen-bond donors (Lipinski definition) is 1. The predicted molar refractivity (Wildman–Crippen MR) is 73.8 cm³/mol. The molecule has 5 heteroatoms. The highest BCUT2D eigenvalue weighted by Crippen LogP contribution is 2.14. The molecule has 0 aromatic rings. The van der Waals surface area contributed by atoms with E-state index in [-0.39, 0.29) is 0 Å². The second-order valence-corrected chi connectivity index (χ2v) is 5.65. The number of likely N-dealkylation sites (N-methyl/N-ethyl adjacent to an activating group) is 1. The maximum absolute atomic E-state index is 5.92. The molecular weight excluding hydrogens is 228 g/mol. The van der Waals surface area contributed by atoms with Crippen LogP contribution in [0.2, 0.25) is 0 Å². The molecule has 0 radical (unpaired) electrons. The van der Waals surface area contributed by atoms with Gasteiger partial charge in [0.15, 0.2) is 0 Å². The van der Waals surface area contributed by atoms with Crippen LogP contribution in [0.15, 0.2) is 0 Å². The average molecular weight is 256 g/mol. The Morgan fingerprint density at radius 1 is 1.17 bits per heavy atom. The molecule has 2 heterocycles. The van der Waals surface area contributed by atoms with Crippen molar-refractivity contribution in [1.82, 2.24) is 14.7 Å². The first kappa shape index (κ1) is 14.2. The zero-order valence-corrected chi connectivity index (χ0v) is 11.8. The maximum Gasteiger partial charge on any atom is 0.0594 e. The van der Waals surface area contributed by atoms with Crippen molar-refractivity contribution < 1.29 is 4.74 Å². The van der Waals surface area contributed by atoms with E-state index in [9.17, 15) is 0 Å². The largest absolute Gasteiger partial charge is 0.379 e. The standard InChI is InChI=1S/C13H28N4O/c1-12-10-15(2)11-13(9-14)17(12)4-3-16-5-7-18-8-6-16/h12-13H,3-11,14H2,1-2H3. The quantitative estimate of drug-likeness (QED) is 0.719. The van der Waals surface area contributed by atoms with Gasteiger partial charge in [-0.05, 0) is 14.0 Å². The lowest BCUT2D eigenvalue weighted by molar-refractivity contribution is 0.0110. The zero-order valence-electron chi connectivity index (χ0n) is 11.8. The van der Waals surface area contributed by atoms with Crippen molar-refractivity contribution >= 4 is 0 Å². The third-order valence-corrected chi connectivity index (χ3v) is 4.18. The van der Waals surface area contributed by atoms with Crippen LogP contribution in [0.1, 0.15) is 6.92 Å². The Balaban J connectivity index is 1.81. The van der Waals surface area contributed by atoms with Crippen molar-refractivity contribution in [3.63, 3.8) is 0 Å². The number of nitrogens with zero attached hydrogens (tertiary/aromatic N) is 3. The van der Waals surface area contributed by atoms with Gasteiger partial charge in [-0.2, -0.15) is 0 Å². The minimum atomic E-state index is 0.514. The topological polar surface area (TPSA) is 45.0 Å². The smallest absolute Gasteiger partial charge is 0.0594 e. The molecule has 18 heavy (non-hydrogen) atoms. The fraction of sp³-hybridized carbons (Fsp3) is 1.00.